The Balaban J connectivity index is 2.09. The van der Waals surface area contributed by atoms with Gasteiger partial charge in [0.05, 0.1) is 0 Å². The van der Waals surface area contributed by atoms with E-state index in [9.17, 15) is 0 Å². The van der Waals surface area contributed by atoms with Crippen LogP contribution in [0.1, 0.15) is 45.6 Å². The van der Waals surface area contributed by atoms with Crippen molar-refractivity contribution in [1.82, 2.24) is 10.3 Å². The van der Waals surface area contributed by atoms with E-state index in [1.54, 1.807) is 0 Å². The fourth-order valence-corrected chi connectivity index (χ4v) is 3.80. The maximum absolute atomic E-state index is 4.25. The van der Waals surface area contributed by atoms with Gasteiger partial charge in [-0.1, -0.05) is 33.3 Å². The molecular formula is C17H28N2. The minimum absolute atomic E-state index is 0.330. The maximum Gasteiger partial charge on any atom is 0.0300 e. The second-order valence-electron chi connectivity index (χ2n) is 6.95. The first kappa shape index (κ1) is 14.5. The molecule has 2 heteroatoms. The number of hydrogen-bond donors (Lipinski definition) is 1. The summed E-state index contributed by atoms with van der Waals surface area (Å²) in [6, 6.07) is 4.91. The molecule has 1 aromatic heterocycles. The number of rotatable bonds is 4. The molecule has 1 aliphatic carbocycles. The van der Waals surface area contributed by atoms with Gasteiger partial charge in [-0.3, -0.25) is 4.98 Å². The monoisotopic (exact) mass is 260 g/mol. The van der Waals surface area contributed by atoms with E-state index in [0.29, 0.717) is 11.5 Å². The molecule has 1 N–H and O–H groups in total. The fraction of sp³-hybridized carbons (Fsp3) is 0.706. The highest BCUT2D eigenvalue weighted by Gasteiger charge is 2.38. The van der Waals surface area contributed by atoms with E-state index in [4.69, 9.17) is 0 Å². The minimum Gasteiger partial charge on any atom is -0.317 e. The quantitative estimate of drug-likeness (QED) is 0.893. The molecule has 2 rings (SSSR count). The van der Waals surface area contributed by atoms with Crippen LogP contribution in [0.3, 0.4) is 0 Å². The molecule has 0 aliphatic heterocycles. The topological polar surface area (TPSA) is 24.9 Å². The largest absolute Gasteiger partial charge is 0.317 e. The van der Waals surface area contributed by atoms with Crippen molar-refractivity contribution < 1.29 is 0 Å². The number of pyridine rings is 1. The molecule has 1 fully saturated rings. The molecule has 1 saturated carbocycles. The van der Waals surface area contributed by atoms with Crippen LogP contribution in [-0.2, 0) is 6.42 Å². The van der Waals surface area contributed by atoms with Crippen molar-refractivity contribution in [2.45, 2.75) is 52.5 Å². The van der Waals surface area contributed by atoms with Gasteiger partial charge in [-0.05, 0) is 55.2 Å². The zero-order chi connectivity index (χ0) is 13.9. The summed E-state index contributed by atoms with van der Waals surface area (Å²) in [5.74, 6) is 1.62. The van der Waals surface area contributed by atoms with Crippen LogP contribution < -0.4 is 5.32 Å². The number of nitrogens with one attached hydrogen (secondary N) is 1. The van der Waals surface area contributed by atoms with Crippen molar-refractivity contribution in [1.29, 1.82) is 0 Å². The Morgan fingerprint density at radius 2 is 2.16 bits per heavy atom. The van der Waals surface area contributed by atoms with Gasteiger partial charge in [-0.15, -0.1) is 0 Å². The first-order chi connectivity index (χ1) is 9.03. The van der Waals surface area contributed by atoms with E-state index < -0.39 is 0 Å². The summed E-state index contributed by atoms with van der Waals surface area (Å²) in [6.45, 7) is 7.23. The lowest BCUT2D eigenvalue weighted by Gasteiger charge is -2.44. The highest BCUT2D eigenvalue weighted by molar-refractivity contribution is 5.11. The van der Waals surface area contributed by atoms with E-state index >= 15 is 0 Å². The van der Waals surface area contributed by atoms with Gasteiger partial charge in [0.2, 0.25) is 0 Å². The van der Waals surface area contributed by atoms with E-state index in [1.165, 1.54) is 24.8 Å². The van der Waals surface area contributed by atoms with E-state index in [1.807, 2.05) is 18.5 Å². The summed E-state index contributed by atoms with van der Waals surface area (Å²) in [5, 5.41) is 3.56. The molecule has 2 nitrogen and oxygen atoms in total. The van der Waals surface area contributed by atoms with Crippen molar-refractivity contribution in [2.24, 2.45) is 17.3 Å². The summed E-state index contributed by atoms with van der Waals surface area (Å²) in [4.78, 5) is 4.25. The van der Waals surface area contributed by atoms with Crippen molar-refractivity contribution >= 4 is 0 Å². The molecule has 19 heavy (non-hydrogen) atoms. The maximum atomic E-state index is 4.25. The Kier molecular flexibility index (Phi) is 4.62. The molecule has 3 atom stereocenters. The predicted octanol–water partition coefficient (Wildman–Crippen LogP) is 3.67. The van der Waals surface area contributed by atoms with Gasteiger partial charge in [-0.25, -0.2) is 0 Å². The van der Waals surface area contributed by atoms with Crippen LogP contribution in [-0.4, -0.2) is 18.1 Å². The summed E-state index contributed by atoms with van der Waals surface area (Å²) in [7, 11) is 2.12. The normalized spacial score (nSPS) is 28.3. The Hall–Kier alpha value is -0.890. The molecule has 0 bridgehead atoms. The molecule has 0 saturated heterocycles. The standard InChI is InChI=1S/C17H28N2/c1-13-7-8-15(16(10-13)18-4)17(2,3)11-14-6-5-9-19-12-14/h5-6,9,12-13,15-16,18H,7-8,10-11H2,1-4H3. The highest BCUT2D eigenvalue weighted by atomic mass is 14.9. The molecule has 106 valence electrons. The van der Waals surface area contributed by atoms with E-state index in [2.05, 4.69) is 44.2 Å². The number of aromatic nitrogens is 1. The molecule has 1 heterocycles. The third-order valence-corrected chi connectivity index (χ3v) is 4.87. The Bertz CT molecular complexity index is 386. The third-order valence-electron chi connectivity index (χ3n) is 4.87. The van der Waals surface area contributed by atoms with Gasteiger partial charge in [-0.2, -0.15) is 0 Å². The van der Waals surface area contributed by atoms with Gasteiger partial charge >= 0.3 is 0 Å². The first-order valence-corrected chi connectivity index (χ1v) is 7.59. The van der Waals surface area contributed by atoms with Crippen molar-refractivity contribution in [2.75, 3.05) is 7.05 Å². The lowest BCUT2D eigenvalue weighted by molar-refractivity contribution is 0.0980. The van der Waals surface area contributed by atoms with Crippen molar-refractivity contribution in [3.8, 4) is 0 Å². The summed E-state index contributed by atoms with van der Waals surface area (Å²) in [5.41, 5.74) is 1.69. The second-order valence-corrected chi connectivity index (χ2v) is 6.95. The SMILES string of the molecule is CNC1CC(C)CCC1C(C)(C)Cc1cccnc1. The van der Waals surface area contributed by atoms with Crippen LogP contribution in [0.25, 0.3) is 0 Å². The Morgan fingerprint density at radius 3 is 2.79 bits per heavy atom. The minimum atomic E-state index is 0.330. The molecule has 0 aromatic carbocycles. The van der Waals surface area contributed by atoms with Crippen LogP contribution in [0.15, 0.2) is 24.5 Å². The van der Waals surface area contributed by atoms with E-state index in [0.717, 1.165) is 18.3 Å². The zero-order valence-electron chi connectivity index (χ0n) is 12.8. The van der Waals surface area contributed by atoms with Gasteiger partial charge in [0.25, 0.3) is 0 Å². The van der Waals surface area contributed by atoms with Crippen LogP contribution in [0.2, 0.25) is 0 Å². The summed E-state index contributed by atoms with van der Waals surface area (Å²) < 4.78 is 0. The average Bonchev–Trinajstić information content (AvgIpc) is 2.38. The summed E-state index contributed by atoms with van der Waals surface area (Å²) in [6.07, 6.45) is 9.03. The second kappa shape index (κ2) is 6.04. The number of hydrogen-bond acceptors (Lipinski definition) is 2. The molecule has 1 aliphatic rings. The van der Waals surface area contributed by atoms with Gasteiger partial charge in [0, 0.05) is 18.4 Å². The molecule has 0 spiro atoms. The fourth-order valence-electron chi connectivity index (χ4n) is 3.80. The summed E-state index contributed by atoms with van der Waals surface area (Å²) >= 11 is 0. The smallest absolute Gasteiger partial charge is 0.0300 e. The van der Waals surface area contributed by atoms with E-state index in [-0.39, 0.29) is 0 Å². The van der Waals surface area contributed by atoms with Crippen LogP contribution in [0, 0.1) is 17.3 Å². The van der Waals surface area contributed by atoms with Crippen molar-refractivity contribution in [3.63, 3.8) is 0 Å². The Morgan fingerprint density at radius 1 is 1.37 bits per heavy atom. The highest BCUT2D eigenvalue weighted by Crippen LogP contribution is 2.42. The van der Waals surface area contributed by atoms with Crippen LogP contribution >= 0.6 is 0 Å². The van der Waals surface area contributed by atoms with Crippen LogP contribution in [0.4, 0.5) is 0 Å². The molecular weight excluding hydrogens is 232 g/mol. The zero-order valence-corrected chi connectivity index (χ0v) is 12.8. The van der Waals surface area contributed by atoms with Gasteiger partial charge < -0.3 is 5.32 Å². The first-order valence-electron chi connectivity index (χ1n) is 7.59. The van der Waals surface area contributed by atoms with Crippen LogP contribution in [0.5, 0.6) is 0 Å². The number of nitrogens with zero attached hydrogens (tertiary/aromatic N) is 1. The van der Waals surface area contributed by atoms with Gasteiger partial charge in [0.1, 0.15) is 0 Å². The Labute approximate surface area is 118 Å². The van der Waals surface area contributed by atoms with Gasteiger partial charge in [0.15, 0.2) is 0 Å². The van der Waals surface area contributed by atoms with Crippen molar-refractivity contribution in [3.05, 3.63) is 30.1 Å². The molecule has 0 amide bonds. The molecule has 0 radical (unpaired) electrons. The molecule has 1 aromatic rings. The third kappa shape index (κ3) is 3.56. The average molecular weight is 260 g/mol. The predicted molar refractivity (Wildman–Crippen MR) is 81.1 cm³/mol. The molecule has 3 unspecified atom stereocenters. The lowest BCUT2D eigenvalue weighted by Crippen LogP contribution is -2.46. The lowest BCUT2D eigenvalue weighted by atomic mass is 9.64.